The second kappa shape index (κ2) is 5.48. The molecule has 2 aromatic carbocycles. The lowest BCUT2D eigenvalue weighted by Crippen LogP contribution is -2.10. The lowest BCUT2D eigenvalue weighted by atomic mass is 9.87. The highest BCUT2D eigenvalue weighted by Crippen LogP contribution is 2.27. The lowest BCUT2D eigenvalue weighted by Gasteiger charge is -2.19. The fourth-order valence-corrected chi connectivity index (χ4v) is 2.06. The van der Waals surface area contributed by atoms with Crippen LogP contribution in [0.4, 0.5) is 17.1 Å². The van der Waals surface area contributed by atoms with Crippen LogP contribution in [-0.2, 0) is 5.41 Å². The van der Waals surface area contributed by atoms with E-state index in [0.29, 0.717) is 11.4 Å². The minimum absolute atomic E-state index is 0.0852. The summed E-state index contributed by atoms with van der Waals surface area (Å²) < 4.78 is 0. The quantitative estimate of drug-likeness (QED) is 0.744. The zero-order valence-corrected chi connectivity index (χ0v) is 12.5. The highest BCUT2D eigenvalue weighted by atomic mass is 16.4. The summed E-state index contributed by atoms with van der Waals surface area (Å²) in [5.74, 6) is -0.983. The molecule has 0 aliphatic carbocycles. The zero-order valence-electron chi connectivity index (χ0n) is 12.5. The number of carboxylic acid groups (broad SMARTS) is 1. The standard InChI is InChI=1S/C17H20N2O2/c1-17(2,3)11-4-7-13(8-5-11)19-15-10-12(18)6-9-14(15)16(20)21/h4-10,19H,18H2,1-3H3,(H,20,21). The number of aromatic carboxylic acids is 1. The van der Waals surface area contributed by atoms with Crippen LogP contribution in [0.2, 0.25) is 0 Å². The molecule has 4 heteroatoms. The van der Waals surface area contributed by atoms with Crippen molar-refractivity contribution in [3.05, 3.63) is 53.6 Å². The van der Waals surface area contributed by atoms with Gasteiger partial charge in [-0.1, -0.05) is 32.9 Å². The zero-order chi connectivity index (χ0) is 15.6. The van der Waals surface area contributed by atoms with Crippen molar-refractivity contribution >= 4 is 23.0 Å². The molecule has 0 aromatic heterocycles. The third kappa shape index (κ3) is 3.54. The molecule has 4 N–H and O–H groups in total. The molecule has 0 radical (unpaired) electrons. The molecule has 0 atom stereocenters. The van der Waals surface area contributed by atoms with Gasteiger partial charge < -0.3 is 16.2 Å². The summed E-state index contributed by atoms with van der Waals surface area (Å²) in [6.45, 7) is 6.45. The first-order valence-corrected chi connectivity index (χ1v) is 6.78. The van der Waals surface area contributed by atoms with Gasteiger partial charge in [-0.15, -0.1) is 0 Å². The Morgan fingerprint density at radius 2 is 1.71 bits per heavy atom. The van der Waals surface area contributed by atoms with Crippen molar-refractivity contribution in [2.45, 2.75) is 26.2 Å². The number of hydrogen-bond acceptors (Lipinski definition) is 3. The molecule has 2 rings (SSSR count). The molecule has 2 aromatic rings. The summed E-state index contributed by atoms with van der Waals surface area (Å²) in [6, 6.07) is 12.7. The number of rotatable bonds is 3. The van der Waals surface area contributed by atoms with Crippen LogP contribution in [0.3, 0.4) is 0 Å². The van der Waals surface area contributed by atoms with E-state index in [1.807, 2.05) is 24.3 Å². The molecule has 0 aliphatic rings. The van der Waals surface area contributed by atoms with Crippen molar-refractivity contribution in [3.8, 4) is 0 Å². The molecule has 0 unspecified atom stereocenters. The molecule has 0 saturated carbocycles. The number of nitrogen functional groups attached to an aromatic ring is 1. The first-order valence-electron chi connectivity index (χ1n) is 6.78. The maximum atomic E-state index is 11.2. The Balaban J connectivity index is 2.30. The number of carbonyl (C=O) groups is 1. The molecule has 21 heavy (non-hydrogen) atoms. The van der Waals surface area contributed by atoms with Gasteiger partial charge in [0.1, 0.15) is 0 Å². The summed E-state index contributed by atoms with van der Waals surface area (Å²) in [6.07, 6.45) is 0. The van der Waals surface area contributed by atoms with E-state index in [9.17, 15) is 9.90 Å². The molecular formula is C17H20N2O2. The average Bonchev–Trinajstić information content (AvgIpc) is 2.38. The monoisotopic (exact) mass is 284 g/mol. The van der Waals surface area contributed by atoms with Crippen LogP contribution in [0.25, 0.3) is 0 Å². The highest BCUT2D eigenvalue weighted by molar-refractivity contribution is 5.96. The summed E-state index contributed by atoms with van der Waals surface area (Å²) in [7, 11) is 0. The fourth-order valence-electron chi connectivity index (χ4n) is 2.06. The number of carboxylic acids is 1. The van der Waals surface area contributed by atoms with Crippen molar-refractivity contribution in [2.24, 2.45) is 0 Å². The highest BCUT2D eigenvalue weighted by Gasteiger charge is 2.14. The second-order valence-electron chi connectivity index (χ2n) is 6.06. The minimum atomic E-state index is -0.983. The Morgan fingerprint density at radius 1 is 1.10 bits per heavy atom. The molecule has 0 fully saturated rings. The van der Waals surface area contributed by atoms with E-state index in [4.69, 9.17) is 5.73 Å². The fraction of sp³-hybridized carbons (Fsp3) is 0.235. The van der Waals surface area contributed by atoms with Gasteiger partial charge in [0, 0.05) is 11.4 Å². The van der Waals surface area contributed by atoms with E-state index >= 15 is 0 Å². The summed E-state index contributed by atoms with van der Waals surface area (Å²) >= 11 is 0. The second-order valence-corrected chi connectivity index (χ2v) is 6.06. The predicted molar refractivity (Wildman–Crippen MR) is 86.2 cm³/mol. The maximum absolute atomic E-state index is 11.2. The van der Waals surface area contributed by atoms with E-state index in [1.54, 1.807) is 12.1 Å². The molecule has 0 heterocycles. The number of anilines is 3. The molecular weight excluding hydrogens is 264 g/mol. The van der Waals surface area contributed by atoms with Crippen molar-refractivity contribution in [1.29, 1.82) is 0 Å². The van der Waals surface area contributed by atoms with Crippen LogP contribution in [0.5, 0.6) is 0 Å². The SMILES string of the molecule is CC(C)(C)c1ccc(Nc2cc(N)ccc2C(=O)O)cc1. The average molecular weight is 284 g/mol. The topological polar surface area (TPSA) is 75.3 Å². The first kappa shape index (κ1) is 14.9. The number of nitrogens with one attached hydrogen (secondary N) is 1. The molecule has 0 bridgehead atoms. The Bertz CT molecular complexity index is 655. The van der Waals surface area contributed by atoms with Gasteiger partial charge in [-0.25, -0.2) is 4.79 Å². The molecule has 4 nitrogen and oxygen atoms in total. The summed E-state index contributed by atoms with van der Waals surface area (Å²) in [4.78, 5) is 11.2. The van der Waals surface area contributed by atoms with Gasteiger partial charge >= 0.3 is 5.97 Å². The molecule has 110 valence electrons. The van der Waals surface area contributed by atoms with Gasteiger partial charge in [-0.3, -0.25) is 0 Å². The Kier molecular flexibility index (Phi) is 3.89. The Hall–Kier alpha value is -2.49. The largest absolute Gasteiger partial charge is 0.478 e. The van der Waals surface area contributed by atoms with Crippen LogP contribution in [0.15, 0.2) is 42.5 Å². The third-order valence-corrected chi connectivity index (χ3v) is 3.30. The van der Waals surface area contributed by atoms with Crippen LogP contribution < -0.4 is 11.1 Å². The van der Waals surface area contributed by atoms with Gasteiger partial charge in [-0.2, -0.15) is 0 Å². The molecule has 0 aliphatic heterocycles. The van der Waals surface area contributed by atoms with Crippen LogP contribution >= 0.6 is 0 Å². The normalized spacial score (nSPS) is 11.2. The van der Waals surface area contributed by atoms with Crippen molar-refractivity contribution < 1.29 is 9.90 Å². The maximum Gasteiger partial charge on any atom is 0.337 e. The van der Waals surface area contributed by atoms with Crippen molar-refractivity contribution in [1.82, 2.24) is 0 Å². The predicted octanol–water partition coefficient (Wildman–Crippen LogP) is 4.01. The first-order chi connectivity index (χ1) is 9.77. The number of hydrogen-bond donors (Lipinski definition) is 3. The van der Waals surface area contributed by atoms with Crippen LogP contribution in [0.1, 0.15) is 36.7 Å². The Morgan fingerprint density at radius 3 is 2.24 bits per heavy atom. The number of nitrogens with two attached hydrogens (primary N) is 1. The Labute approximate surface area is 124 Å². The minimum Gasteiger partial charge on any atom is -0.478 e. The van der Waals surface area contributed by atoms with E-state index in [1.165, 1.54) is 11.6 Å². The number of benzene rings is 2. The third-order valence-electron chi connectivity index (χ3n) is 3.30. The van der Waals surface area contributed by atoms with E-state index in [0.717, 1.165) is 5.69 Å². The molecule has 0 spiro atoms. The van der Waals surface area contributed by atoms with E-state index < -0.39 is 5.97 Å². The van der Waals surface area contributed by atoms with Crippen molar-refractivity contribution in [3.63, 3.8) is 0 Å². The van der Waals surface area contributed by atoms with Gasteiger partial charge in [-0.05, 0) is 41.3 Å². The lowest BCUT2D eigenvalue weighted by molar-refractivity contribution is 0.0698. The molecule has 0 saturated heterocycles. The van der Waals surface area contributed by atoms with Crippen LogP contribution in [-0.4, -0.2) is 11.1 Å². The van der Waals surface area contributed by atoms with Gasteiger partial charge in [0.25, 0.3) is 0 Å². The summed E-state index contributed by atoms with van der Waals surface area (Å²) in [5, 5.41) is 12.3. The summed E-state index contributed by atoms with van der Waals surface area (Å²) in [5.41, 5.74) is 9.08. The van der Waals surface area contributed by atoms with Gasteiger partial charge in [0.2, 0.25) is 0 Å². The van der Waals surface area contributed by atoms with Gasteiger partial charge in [0.15, 0.2) is 0 Å². The van der Waals surface area contributed by atoms with Crippen molar-refractivity contribution in [2.75, 3.05) is 11.1 Å². The van der Waals surface area contributed by atoms with E-state index in [-0.39, 0.29) is 11.0 Å². The smallest absolute Gasteiger partial charge is 0.337 e. The van der Waals surface area contributed by atoms with Crippen LogP contribution in [0, 0.1) is 0 Å². The van der Waals surface area contributed by atoms with Gasteiger partial charge in [0.05, 0.1) is 11.3 Å². The molecule has 0 amide bonds. The van der Waals surface area contributed by atoms with E-state index in [2.05, 4.69) is 26.1 Å².